The summed E-state index contributed by atoms with van der Waals surface area (Å²) < 4.78 is 40.0. The van der Waals surface area contributed by atoms with E-state index in [1.54, 1.807) is 12.1 Å². The van der Waals surface area contributed by atoms with Crippen LogP contribution in [-0.4, -0.2) is 20.0 Å². The van der Waals surface area contributed by atoms with Gasteiger partial charge in [-0.25, -0.2) is 0 Å². The number of nitrogens with one attached hydrogen (secondary N) is 1. The van der Waals surface area contributed by atoms with E-state index in [0.29, 0.717) is 0 Å². The van der Waals surface area contributed by atoms with Gasteiger partial charge >= 0.3 is 6.36 Å². The molecule has 2 rings (SSSR count). The monoisotopic (exact) mass is 273 g/mol. The minimum Gasteiger partial charge on any atom is -0.406 e. The standard InChI is InChI=1S/C14H18F3NO/c1-18-10-13(7-2-8-13)9-11-3-5-12(6-4-11)19-14(15,16)17/h3-6,18H,2,7-10H2,1H3. The molecule has 0 heterocycles. The summed E-state index contributed by atoms with van der Waals surface area (Å²) in [7, 11) is 1.93. The Morgan fingerprint density at radius 3 is 2.26 bits per heavy atom. The lowest BCUT2D eigenvalue weighted by Crippen LogP contribution is -2.40. The maximum atomic E-state index is 12.0. The van der Waals surface area contributed by atoms with Crippen molar-refractivity contribution in [3.63, 3.8) is 0 Å². The lowest BCUT2D eigenvalue weighted by molar-refractivity contribution is -0.274. The van der Waals surface area contributed by atoms with Crippen molar-refractivity contribution in [3.05, 3.63) is 29.8 Å². The SMILES string of the molecule is CNCC1(Cc2ccc(OC(F)(F)F)cc2)CCC1. The minimum absolute atomic E-state index is 0.160. The summed E-state index contributed by atoms with van der Waals surface area (Å²) in [4.78, 5) is 0. The quantitative estimate of drug-likeness (QED) is 0.886. The van der Waals surface area contributed by atoms with Gasteiger partial charge in [-0.3, -0.25) is 0 Å². The second-order valence-electron chi connectivity index (χ2n) is 5.25. The Balaban J connectivity index is 1.98. The molecule has 106 valence electrons. The van der Waals surface area contributed by atoms with Gasteiger partial charge in [0.2, 0.25) is 0 Å². The van der Waals surface area contributed by atoms with Gasteiger partial charge in [0, 0.05) is 6.54 Å². The van der Waals surface area contributed by atoms with Crippen LogP contribution in [-0.2, 0) is 6.42 Å². The Labute approximate surface area is 111 Å². The van der Waals surface area contributed by atoms with Crippen LogP contribution in [0.1, 0.15) is 24.8 Å². The molecule has 0 aromatic heterocycles. The van der Waals surface area contributed by atoms with E-state index in [1.165, 1.54) is 31.4 Å². The van der Waals surface area contributed by atoms with E-state index in [-0.39, 0.29) is 11.2 Å². The zero-order chi connectivity index (χ0) is 13.9. The fraction of sp³-hybridized carbons (Fsp3) is 0.571. The molecule has 1 fully saturated rings. The molecule has 19 heavy (non-hydrogen) atoms. The Morgan fingerprint density at radius 2 is 1.84 bits per heavy atom. The molecule has 0 spiro atoms. The van der Waals surface area contributed by atoms with Crippen LogP contribution in [0.5, 0.6) is 5.75 Å². The highest BCUT2D eigenvalue weighted by molar-refractivity contribution is 5.28. The van der Waals surface area contributed by atoms with Gasteiger partial charge in [-0.15, -0.1) is 13.2 Å². The lowest BCUT2D eigenvalue weighted by atomic mass is 9.65. The summed E-state index contributed by atoms with van der Waals surface area (Å²) in [5, 5.41) is 3.20. The summed E-state index contributed by atoms with van der Waals surface area (Å²) >= 11 is 0. The van der Waals surface area contributed by atoms with Gasteiger partial charge in [-0.2, -0.15) is 0 Å². The summed E-state index contributed by atoms with van der Waals surface area (Å²) in [5.41, 5.74) is 1.34. The first-order chi connectivity index (χ1) is 8.92. The van der Waals surface area contributed by atoms with Gasteiger partial charge in [0.15, 0.2) is 0 Å². The van der Waals surface area contributed by atoms with Crippen molar-refractivity contribution in [2.45, 2.75) is 32.0 Å². The minimum atomic E-state index is -4.62. The second kappa shape index (κ2) is 5.41. The molecule has 0 saturated heterocycles. The largest absolute Gasteiger partial charge is 0.573 e. The fourth-order valence-corrected chi connectivity index (χ4v) is 2.71. The Hall–Kier alpha value is -1.23. The van der Waals surface area contributed by atoms with Gasteiger partial charge in [0.25, 0.3) is 0 Å². The third kappa shape index (κ3) is 3.86. The first-order valence-electron chi connectivity index (χ1n) is 6.42. The number of alkyl halides is 3. The first kappa shape index (κ1) is 14.2. The van der Waals surface area contributed by atoms with Gasteiger partial charge in [0.05, 0.1) is 0 Å². The summed E-state index contributed by atoms with van der Waals surface area (Å²) in [5.74, 6) is -0.160. The highest BCUT2D eigenvalue weighted by Crippen LogP contribution is 2.43. The molecule has 1 aliphatic rings. The molecule has 0 atom stereocenters. The average Bonchev–Trinajstić information content (AvgIpc) is 2.27. The van der Waals surface area contributed by atoms with Gasteiger partial charge in [-0.05, 0) is 49.4 Å². The predicted octanol–water partition coefficient (Wildman–Crippen LogP) is 3.52. The number of hydrogen-bond acceptors (Lipinski definition) is 2. The van der Waals surface area contributed by atoms with E-state index < -0.39 is 6.36 Å². The van der Waals surface area contributed by atoms with Crippen molar-refractivity contribution in [1.29, 1.82) is 0 Å². The zero-order valence-electron chi connectivity index (χ0n) is 10.9. The third-order valence-electron chi connectivity index (χ3n) is 3.70. The van der Waals surface area contributed by atoms with E-state index >= 15 is 0 Å². The van der Waals surface area contributed by atoms with Crippen LogP contribution in [0.2, 0.25) is 0 Å². The molecule has 0 unspecified atom stereocenters. The Bertz CT molecular complexity index is 410. The molecule has 0 bridgehead atoms. The summed E-state index contributed by atoms with van der Waals surface area (Å²) in [6.07, 6.45) is -0.136. The molecule has 1 aromatic rings. The maximum absolute atomic E-state index is 12.0. The fourth-order valence-electron chi connectivity index (χ4n) is 2.71. The molecule has 0 radical (unpaired) electrons. The highest BCUT2D eigenvalue weighted by atomic mass is 19.4. The summed E-state index contributed by atoms with van der Waals surface area (Å²) in [6.45, 7) is 0.952. The predicted molar refractivity (Wildman–Crippen MR) is 67.0 cm³/mol. The average molecular weight is 273 g/mol. The molecular formula is C14H18F3NO. The van der Waals surface area contributed by atoms with E-state index in [1.807, 2.05) is 7.05 Å². The Kier molecular flexibility index (Phi) is 4.04. The Morgan fingerprint density at radius 1 is 1.21 bits per heavy atom. The van der Waals surface area contributed by atoms with Crippen LogP contribution in [0.15, 0.2) is 24.3 Å². The molecule has 1 aliphatic carbocycles. The van der Waals surface area contributed by atoms with Crippen LogP contribution in [0.25, 0.3) is 0 Å². The lowest BCUT2D eigenvalue weighted by Gasteiger charge is -2.42. The molecule has 1 aromatic carbocycles. The van der Waals surface area contributed by atoms with E-state index in [4.69, 9.17) is 0 Å². The topological polar surface area (TPSA) is 21.3 Å². The normalized spacial score (nSPS) is 17.9. The van der Waals surface area contributed by atoms with Crippen molar-refractivity contribution in [2.75, 3.05) is 13.6 Å². The highest BCUT2D eigenvalue weighted by Gasteiger charge is 2.36. The molecule has 0 amide bonds. The molecule has 1 N–H and O–H groups in total. The molecule has 1 saturated carbocycles. The zero-order valence-corrected chi connectivity index (χ0v) is 10.9. The van der Waals surface area contributed by atoms with Crippen molar-refractivity contribution in [2.24, 2.45) is 5.41 Å². The van der Waals surface area contributed by atoms with E-state index in [2.05, 4.69) is 10.1 Å². The van der Waals surface area contributed by atoms with Crippen LogP contribution in [0.4, 0.5) is 13.2 Å². The van der Waals surface area contributed by atoms with Crippen LogP contribution in [0, 0.1) is 5.41 Å². The smallest absolute Gasteiger partial charge is 0.406 e. The van der Waals surface area contributed by atoms with Gasteiger partial charge in [0.1, 0.15) is 5.75 Å². The summed E-state index contributed by atoms with van der Waals surface area (Å²) in [6, 6.07) is 6.21. The van der Waals surface area contributed by atoms with E-state index in [0.717, 1.165) is 18.5 Å². The van der Waals surface area contributed by atoms with Crippen LogP contribution in [0.3, 0.4) is 0 Å². The van der Waals surface area contributed by atoms with Crippen molar-refractivity contribution in [3.8, 4) is 5.75 Å². The number of benzene rings is 1. The first-order valence-corrected chi connectivity index (χ1v) is 6.42. The number of ether oxygens (including phenoxy) is 1. The second-order valence-corrected chi connectivity index (χ2v) is 5.25. The number of hydrogen-bond donors (Lipinski definition) is 1. The molecule has 2 nitrogen and oxygen atoms in total. The van der Waals surface area contributed by atoms with Crippen LogP contribution < -0.4 is 10.1 Å². The molecular weight excluding hydrogens is 255 g/mol. The van der Waals surface area contributed by atoms with Gasteiger partial charge < -0.3 is 10.1 Å². The van der Waals surface area contributed by atoms with E-state index in [9.17, 15) is 13.2 Å². The molecule has 0 aliphatic heterocycles. The number of halogens is 3. The van der Waals surface area contributed by atoms with Crippen molar-refractivity contribution in [1.82, 2.24) is 5.32 Å². The van der Waals surface area contributed by atoms with Crippen molar-refractivity contribution >= 4 is 0 Å². The van der Waals surface area contributed by atoms with Crippen LogP contribution >= 0.6 is 0 Å². The molecule has 5 heteroatoms. The third-order valence-corrected chi connectivity index (χ3v) is 3.70. The van der Waals surface area contributed by atoms with Crippen molar-refractivity contribution < 1.29 is 17.9 Å². The maximum Gasteiger partial charge on any atom is 0.573 e. The number of rotatable bonds is 5. The van der Waals surface area contributed by atoms with Gasteiger partial charge in [-0.1, -0.05) is 18.6 Å².